The molecular formula is C21H32N3O+. The molecule has 0 unspecified atom stereocenters. The summed E-state index contributed by atoms with van der Waals surface area (Å²) < 4.78 is 8.46. The highest BCUT2D eigenvalue weighted by Gasteiger charge is 2.44. The van der Waals surface area contributed by atoms with Gasteiger partial charge in [-0.25, -0.2) is 0 Å². The Labute approximate surface area is 151 Å². The van der Waals surface area contributed by atoms with E-state index in [1.807, 2.05) is 6.07 Å². The van der Waals surface area contributed by atoms with Gasteiger partial charge >= 0.3 is 5.96 Å². The first-order chi connectivity index (χ1) is 12.3. The molecule has 4 heteroatoms. The Morgan fingerprint density at radius 3 is 2.68 bits per heavy atom. The molecule has 3 aliphatic heterocycles. The Morgan fingerprint density at radius 1 is 1.04 bits per heavy atom. The van der Waals surface area contributed by atoms with Gasteiger partial charge in [0.25, 0.3) is 0 Å². The molecule has 1 aromatic carbocycles. The first kappa shape index (κ1) is 16.9. The summed E-state index contributed by atoms with van der Waals surface area (Å²) in [5, 5.41) is 7.48. The molecule has 3 aliphatic rings. The second-order valence-electron chi connectivity index (χ2n) is 8.03. The minimum Gasteiger partial charge on any atom is -0.377 e. The fraction of sp³-hybridized carbons (Fsp3) is 0.667. The van der Waals surface area contributed by atoms with Crippen LogP contribution in [0.5, 0.6) is 0 Å². The molecule has 1 saturated heterocycles. The number of unbranched alkanes of at least 4 members (excludes halogenated alkanes) is 1. The monoisotopic (exact) mass is 342 g/mol. The van der Waals surface area contributed by atoms with Crippen LogP contribution in [-0.4, -0.2) is 41.3 Å². The molecule has 136 valence electrons. The van der Waals surface area contributed by atoms with Crippen molar-refractivity contribution in [2.24, 2.45) is 0 Å². The van der Waals surface area contributed by atoms with Gasteiger partial charge < -0.3 is 4.74 Å². The normalized spacial score (nSPS) is 30.6. The number of nitrogens with one attached hydrogen (secondary N) is 2. The van der Waals surface area contributed by atoms with Crippen LogP contribution in [0.3, 0.4) is 0 Å². The first-order valence-corrected chi connectivity index (χ1v) is 10.1. The Kier molecular flexibility index (Phi) is 5.25. The van der Waals surface area contributed by atoms with Gasteiger partial charge in [0.05, 0.1) is 30.8 Å². The molecule has 4 atom stereocenters. The molecule has 0 radical (unpaired) electrons. The van der Waals surface area contributed by atoms with Crippen LogP contribution in [0.4, 0.5) is 0 Å². The van der Waals surface area contributed by atoms with Gasteiger partial charge in [0.1, 0.15) is 0 Å². The summed E-state index contributed by atoms with van der Waals surface area (Å²) in [4.78, 5) is 0. The standard InChI is InChI=1S/C21H31N3O/c1-16-13-19-10-11-20-14-18(23-21(22-16)24(19)20)9-5-6-12-25-15-17-7-3-2-4-8-17/h2-4,7-8,16,18-20H,5-6,9-15H2,1H3,(H,22,23)/p+1/t16-,18+,19+,20-/m1/s1. The van der Waals surface area contributed by atoms with Crippen LogP contribution in [0.1, 0.15) is 57.4 Å². The van der Waals surface area contributed by atoms with E-state index < -0.39 is 0 Å². The molecule has 4 rings (SSSR count). The lowest BCUT2D eigenvalue weighted by Crippen LogP contribution is -2.62. The van der Waals surface area contributed by atoms with E-state index in [4.69, 9.17) is 4.74 Å². The lowest BCUT2D eigenvalue weighted by atomic mass is 9.99. The van der Waals surface area contributed by atoms with Gasteiger partial charge in [-0.2, -0.15) is 0 Å². The predicted octanol–water partition coefficient (Wildman–Crippen LogP) is 3.02. The second-order valence-corrected chi connectivity index (χ2v) is 8.03. The molecule has 1 fully saturated rings. The zero-order valence-electron chi connectivity index (χ0n) is 15.4. The van der Waals surface area contributed by atoms with Crippen LogP contribution >= 0.6 is 0 Å². The molecule has 3 heterocycles. The van der Waals surface area contributed by atoms with E-state index in [2.05, 4.69) is 46.4 Å². The van der Waals surface area contributed by atoms with Crippen molar-refractivity contribution in [3.63, 3.8) is 0 Å². The number of nitrogens with zero attached hydrogens (tertiary/aromatic N) is 1. The van der Waals surface area contributed by atoms with Gasteiger partial charge in [-0.1, -0.05) is 30.3 Å². The third-order valence-electron chi connectivity index (χ3n) is 5.99. The molecular weight excluding hydrogens is 310 g/mol. The Balaban J connectivity index is 1.18. The van der Waals surface area contributed by atoms with Gasteiger partial charge in [0, 0.05) is 19.4 Å². The van der Waals surface area contributed by atoms with Crippen molar-refractivity contribution in [2.75, 3.05) is 6.61 Å². The summed E-state index contributed by atoms with van der Waals surface area (Å²) in [7, 11) is 0. The summed E-state index contributed by atoms with van der Waals surface area (Å²) in [5.41, 5.74) is 1.27. The summed E-state index contributed by atoms with van der Waals surface area (Å²) in [6.45, 7) is 3.92. The largest absolute Gasteiger partial charge is 0.377 e. The van der Waals surface area contributed by atoms with Gasteiger partial charge in [0.15, 0.2) is 0 Å². The van der Waals surface area contributed by atoms with Gasteiger partial charge in [-0.3, -0.25) is 15.2 Å². The Bertz CT molecular complexity index is 600. The summed E-state index contributed by atoms with van der Waals surface area (Å²) in [6, 6.07) is 13.2. The van der Waals surface area contributed by atoms with E-state index in [0.717, 1.165) is 31.7 Å². The maximum Gasteiger partial charge on any atom is 0.346 e. The molecule has 0 saturated carbocycles. The molecule has 0 aliphatic carbocycles. The quantitative estimate of drug-likeness (QED) is 0.591. The number of rotatable bonds is 7. The summed E-state index contributed by atoms with van der Waals surface area (Å²) in [6.07, 6.45) is 9.00. The Morgan fingerprint density at radius 2 is 1.84 bits per heavy atom. The zero-order valence-corrected chi connectivity index (χ0v) is 15.4. The van der Waals surface area contributed by atoms with Crippen LogP contribution in [0.15, 0.2) is 30.3 Å². The lowest BCUT2D eigenvalue weighted by molar-refractivity contribution is -0.593. The van der Waals surface area contributed by atoms with Crippen molar-refractivity contribution in [2.45, 2.75) is 82.6 Å². The molecule has 25 heavy (non-hydrogen) atoms. The van der Waals surface area contributed by atoms with Crippen LogP contribution in [0.25, 0.3) is 0 Å². The van der Waals surface area contributed by atoms with Gasteiger partial charge in [-0.15, -0.1) is 0 Å². The van der Waals surface area contributed by atoms with E-state index >= 15 is 0 Å². The summed E-state index contributed by atoms with van der Waals surface area (Å²) in [5.74, 6) is 1.32. The summed E-state index contributed by atoms with van der Waals surface area (Å²) >= 11 is 0. The fourth-order valence-corrected chi connectivity index (χ4v) is 4.81. The highest BCUT2D eigenvalue weighted by molar-refractivity contribution is 5.76. The van der Waals surface area contributed by atoms with E-state index in [1.54, 1.807) is 0 Å². The predicted molar refractivity (Wildman–Crippen MR) is 101 cm³/mol. The minimum atomic E-state index is 0.604. The van der Waals surface area contributed by atoms with Crippen LogP contribution in [0, 0.1) is 0 Å². The van der Waals surface area contributed by atoms with Gasteiger partial charge in [-0.05, 0) is 44.6 Å². The highest BCUT2D eigenvalue weighted by Crippen LogP contribution is 2.31. The first-order valence-electron chi connectivity index (χ1n) is 10.1. The maximum absolute atomic E-state index is 5.81. The van der Waals surface area contributed by atoms with E-state index in [9.17, 15) is 0 Å². The smallest absolute Gasteiger partial charge is 0.346 e. The van der Waals surface area contributed by atoms with Crippen molar-refractivity contribution in [1.82, 2.24) is 10.6 Å². The van der Waals surface area contributed by atoms with Crippen LogP contribution in [0.2, 0.25) is 0 Å². The minimum absolute atomic E-state index is 0.604. The second kappa shape index (κ2) is 7.77. The maximum atomic E-state index is 5.81. The van der Waals surface area contributed by atoms with Crippen molar-refractivity contribution in [1.29, 1.82) is 0 Å². The molecule has 0 aromatic heterocycles. The van der Waals surface area contributed by atoms with Crippen molar-refractivity contribution in [3.05, 3.63) is 35.9 Å². The van der Waals surface area contributed by atoms with E-state index in [1.165, 1.54) is 50.0 Å². The molecule has 4 nitrogen and oxygen atoms in total. The number of hydrogen-bond acceptors (Lipinski definition) is 3. The van der Waals surface area contributed by atoms with E-state index in [-0.39, 0.29) is 0 Å². The topological polar surface area (TPSA) is 36.3 Å². The van der Waals surface area contributed by atoms with Crippen LogP contribution < -0.4 is 10.6 Å². The number of benzene rings is 1. The lowest BCUT2D eigenvalue weighted by Gasteiger charge is -2.35. The zero-order chi connectivity index (χ0) is 17.1. The molecule has 0 bridgehead atoms. The fourth-order valence-electron chi connectivity index (χ4n) is 4.81. The molecule has 1 aromatic rings. The Hall–Kier alpha value is -1.55. The highest BCUT2D eigenvalue weighted by atomic mass is 16.5. The number of ether oxygens (including phenoxy) is 1. The number of guanidine groups is 1. The molecule has 0 spiro atoms. The van der Waals surface area contributed by atoms with Crippen molar-refractivity contribution < 1.29 is 9.31 Å². The van der Waals surface area contributed by atoms with E-state index in [0.29, 0.717) is 12.1 Å². The van der Waals surface area contributed by atoms with Gasteiger partial charge in [0.2, 0.25) is 0 Å². The average Bonchev–Trinajstić information content (AvgIpc) is 3.02. The van der Waals surface area contributed by atoms with Crippen molar-refractivity contribution in [3.8, 4) is 0 Å². The molecule has 2 N–H and O–H groups in total. The third kappa shape index (κ3) is 4.00. The third-order valence-corrected chi connectivity index (χ3v) is 5.99. The SMILES string of the molecule is C[C@@H]1C[C@@H]2CC[C@@H]3C[C@H](CCCCOCc4ccccc4)NC(=[N+]32)N1. The average molecular weight is 343 g/mol. The van der Waals surface area contributed by atoms with Crippen molar-refractivity contribution >= 4 is 5.96 Å². The number of hydrogen-bond donors (Lipinski definition) is 2. The molecule has 0 amide bonds. The van der Waals surface area contributed by atoms with Crippen LogP contribution in [-0.2, 0) is 11.3 Å².